The summed E-state index contributed by atoms with van der Waals surface area (Å²) in [6.45, 7) is 4.49. The summed E-state index contributed by atoms with van der Waals surface area (Å²) in [4.78, 5) is 12.1. The van der Waals surface area contributed by atoms with Gasteiger partial charge in [-0.25, -0.2) is 8.78 Å². The van der Waals surface area contributed by atoms with Crippen LogP contribution in [-0.4, -0.2) is 18.5 Å². The molecule has 0 aliphatic carbocycles. The normalized spacial score (nSPS) is 13.4. The Morgan fingerprint density at radius 2 is 1.48 bits per heavy atom. The van der Waals surface area contributed by atoms with Gasteiger partial charge in [-0.1, -0.05) is 44.5 Å². The highest BCUT2D eigenvalue weighted by atomic mass is 19.1. The SMILES string of the molecule is CCC(C)C(N)C(=O)NCCCC(c1ccc(F)cc1)c1ccc(F)cc1. The highest BCUT2D eigenvalue weighted by molar-refractivity contribution is 5.81. The molecule has 5 heteroatoms. The van der Waals surface area contributed by atoms with Crippen LogP contribution < -0.4 is 11.1 Å². The predicted molar refractivity (Wildman–Crippen MR) is 104 cm³/mol. The number of hydrogen-bond acceptors (Lipinski definition) is 2. The van der Waals surface area contributed by atoms with Gasteiger partial charge in [0.2, 0.25) is 5.91 Å². The molecule has 0 radical (unpaired) electrons. The Bertz CT molecular complexity index is 671. The van der Waals surface area contributed by atoms with E-state index in [1.165, 1.54) is 24.3 Å². The summed E-state index contributed by atoms with van der Waals surface area (Å²) in [5, 5.41) is 2.89. The van der Waals surface area contributed by atoms with Crippen LogP contribution in [0.25, 0.3) is 0 Å². The third-order valence-corrected chi connectivity index (χ3v) is 5.07. The van der Waals surface area contributed by atoms with Gasteiger partial charge in [-0.3, -0.25) is 4.79 Å². The van der Waals surface area contributed by atoms with E-state index in [0.717, 1.165) is 30.4 Å². The van der Waals surface area contributed by atoms with Crippen molar-refractivity contribution in [3.63, 3.8) is 0 Å². The van der Waals surface area contributed by atoms with Gasteiger partial charge in [0.1, 0.15) is 11.6 Å². The molecule has 2 aromatic rings. The van der Waals surface area contributed by atoms with Gasteiger partial charge >= 0.3 is 0 Å². The zero-order chi connectivity index (χ0) is 19.8. The average molecular weight is 374 g/mol. The lowest BCUT2D eigenvalue weighted by Crippen LogP contribution is -2.44. The third-order valence-electron chi connectivity index (χ3n) is 5.07. The number of rotatable bonds is 9. The molecule has 0 spiro atoms. The topological polar surface area (TPSA) is 55.1 Å². The van der Waals surface area contributed by atoms with E-state index < -0.39 is 6.04 Å². The quantitative estimate of drug-likeness (QED) is 0.641. The molecule has 27 heavy (non-hydrogen) atoms. The van der Waals surface area contributed by atoms with Crippen LogP contribution in [-0.2, 0) is 4.79 Å². The molecule has 0 fully saturated rings. The van der Waals surface area contributed by atoms with E-state index in [2.05, 4.69) is 5.32 Å². The van der Waals surface area contributed by atoms with Crippen LogP contribution in [0.4, 0.5) is 8.78 Å². The van der Waals surface area contributed by atoms with Crippen molar-refractivity contribution in [1.82, 2.24) is 5.32 Å². The number of hydrogen-bond donors (Lipinski definition) is 2. The van der Waals surface area contributed by atoms with Gasteiger partial charge in [-0.05, 0) is 54.2 Å². The second-order valence-electron chi connectivity index (χ2n) is 7.00. The highest BCUT2D eigenvalue weighted by Crippen LogP contribution is 2.29. The van der Waals surface area contributed by atoms with E-state index in [9.17, 15) is 13.6 Å². The Balaban J connectivity index is 1.99. The maximum absolute atomic E-state index is 13.3. The van der Waals surface area contributed by atoms with Crippen molar-refractivity contribution in [3.05, 3.63) is 71.3 Å². The first kappa shape index (κ1) is 21.0. The largest absolute Gasteiger partial charge is 0.355 e. The summed E-state index contributed by atoms with van der Waals surface area (Å²) in [7, 11) is 0. The Morgan fingerprint density at radius 3 is 1.93 bits per heavy atom. The number of benzene rings is 2. The van der Waals surface area contributed by atoms with E-state index in [4.69, 9.17) is 5.73 Å². The van der Waals surface area contributed by atoms with Crippen LogP contribution in [0.5, 0.6) is 0 Å². The minimum atomic E-state index is -0.500. The van der Waals surface area contributed by atoms with E-state index in [1.807, 2.05) is 13.8 Å². The molecule has 2 rings (SSSR count). The molecular weight excluding hydrogens is 346 g/mol. The van der Waals surface area contributed by atoms with Crippen LogP contribution >= 0.6 is 0 Å². The lowest BCUT2D eigenvalue weighted by Gasteiger charge is -2.20. The smallest absolute Gasteiger partial charge is 0.237 e. The van der Waals surface area contributed by atoms with E-state index >= 15 is 0 Å². The lowest BCUT2D eigenvalue weighted by atomic mass is 9.87. The third kappa shape index (κ3) is 6.14. The van der Waals surface area contributed by atoms with E-state index in [1.54, 1.807) is 24.3 Å². The summed E-state index contributed by atoms with van der Waals surface area (Å²) in [5.41, 5.74) is 7.87. The second kappa shape index (κ2) is 10.2. The van der Waals surface area contributed by atoms with Gasteiger partial charge in [0, 0.05) is 12.5 Å². The van der Waals surface area contributed by atoms with Crippen LogP contribution in [0.3, 0.4) is 0 Å². The minimum Gasteiger partial charge on any atom is -0.355 e. The molecule has 146 valence electrons. The van der Waals surface area contributed by atoms with Gasteiger partial charge in [-0.2, -0.15) is 0 Å². The number of carbonyl (C=O) groups is 1. The van der Waals surface area contributed by atoms with Crippen LogP contribution in [0.2, 0.25) is 0 Å². The number of amides is 1. The van der Waals surface area contributed by atoms with Gasteiger partial charge in [0.25, 0.3) is 0 Å². The second-order valence-corrected chi connectivity index (χ2v) is 7.00. The number of halogens is 2. The molecule has 0 heterocycles. The monoisotopic (exact) mass is 374 g/mol. The lowest BCUT2D eigenvalue weighted by molar-refractivity contribution is -0.123. The molecule has 0 saturated heterocycles. The Morgan fingerprint density at radius 1 is 1.00 bits per heavy atom. The molecule has 0 bridgehead atoms. The maximum atomic E-state index is 13.3. The first-order valence-corrected chi connectivity index (χ1v) is 9.46. The van der Waals surface area contributed by atoms with Crippen molar-refractivity contribution in [2.45, 2.75) is 45.1 Å². The zero-order valence-electron chi connectivity index (χ0n) is 15.9. The van der Waals surface area contributed by atoms with Crippen molar-refractivity contribution >= 4 is 5.91 Å². The molecular formula is C22H28F2N2O. The number of carbonyl (C=O) groups excluding carboxylic acids is 1. The molecule has 0 aromatic heterocycles. The molecule has 0 saturated carbocycles. The summed E-state index contributed by atoms with van der Waals surface area (Å²) >= 11 is 0. The first-order valence-electron chi connectivity index (χ1n) is 9.46. The van der Waals surface area contributed by atoms with Gasteiger partial charge < -0.3 is 11.1 Å². The van der Waals surface area contributed by atoms with Crippen molar-refractivity contribution in [3.8, 4) is 0 Å². The molecule has 0 aliphatic rings. The minimum absolute atomic E-state index is 0.00587. The molecule has 2 unspecified atom stereocenters. The summed E-state index contributed by atoms with van der Waals surface area (Å²) in [6.07, 6.45) is 2.33. The summed E-state index contributed by atoms with van der Waals surface area (Å²) in [6, 6.07) is 12.2. The molecule has 3 nitrogen and oxygen atoms in total. The van der Waals surface area contributed by atoms with Crippen molar-refractivity contribution in [2.24, 2.45) is 11.7 Å². The Labute approximate surface area is 160 Å². The van der Waals surface area contributed by atoms with Gasteiger partial charge in [0.05, 0.1) is 6.04 Å². The van der Waals surface area contributed by atoms with Crippen molar-refractivity contribution in [2.75, 3.05) is 6.54 Å². The van der Waals surface area contributed by atoms with Crippen LogP contribution in [0.1, 0.15) is 50.2 Å². The van der Waals surface area contributed by atoms with Crippen molar-refractivity contribution < 1.29 is 13.6 Å². The number of nitrogens with one attached hydrogen (secondary N) is 1. The highest BCUT2D eigenvalue weighted by Gasteiger charge is 2.19. The van der Waals surface area contributed by atoms with Gasteiger partial charge in [-0.15, -0.1) is 0 Å². The van der Waals surface area contributed by atoms with Crippen LogP contribution in [0, 0.1) is 17.6 Å². The fraction of sp³-hybridized carbons (Fsp3) is 0.409. The Kier molecular flexibility index (Phi) is 7.92. The maximum Gasteiger partial charge on any atom is 0.237 e. The Hall–Kier alpha value is -2.27. The predicted octanol–water partition coefficient (Wildman–Crippen LogP) is 4.37. The van der Waals surface area contributed by atoms with E-state index in [-0.39, 0.29) is 29.4 Å². The molecule has 1 amide bonds. The standard InChI is InChI=1S/C22H28F2N2O/c1-3-15(2)21(25)22(27)26-14-4-5-20(16-6-10-18(23)11-7-16)17-8-12-19(24)13-9-17/h6-13,15,20-21H,3-5,14,25H2,1-2H3,(H,26,27). The van der Waals surface area contributed by atoms with Crippen molar-refractivity contribution in [1.29, 1.82) is 0 Å². The van der Waals surface area contributed by atoms with Gasteiger partial charge in [0.15, 0.2) is 0 Å². The summed E-state index contributed by atoms with van der Waals surface area (Å²) in [5.74, 6) is -0.571. The number of nitrogens with two attached hydrogens (primary N) is 1. The average Bonchev–Trinajstić information content (AvgIpc) is 2.68. The molecule has 2 atom stereocenters. The van der Waals surface area contributed by atoms with Crippen LogP contribution in [0.15, 0.2) is 48.5 Å². The zero-order valence-corrected chi connectivity index (χ0v) is 15.9. The fourth-order valence-corrected chi connectivity index (χ4v) is 3.06. The molecule has 0 aliphatic heterocycles. The van der Waals surface area contributed by atoms with E-state index in [0.29, 0.717) is 6.54 Å². The fourth-order valence-electron chi connectivity index (χ4n) is 3.06. The molecule has 2 aromatic carbocycles. The summed E-state index contributed by atoms with van der Waals surface area (Å²) < 4.78 is 26.5. The first-order chi connectivity index (χ1) is 12.9. The molecule has 3 N–H and O–H groups in total.